The maximum Gasteiger partial charge on any atom is 0.131 e. The molecule has 2 rings (SSSR count). The maximum atomic E-state index is 5.82. The van der Waals surface area contributed by atoms with E-state index in [1.807, 2.05) is 36.4 Å². The van der Waals surface area contributed by atoms with Crippen LogP contribution in [0.3, 0.4) is 0 Å². The minimum Gasteiger partial charge on any atom is -0.385 e. The van der Waals surface area contributed by atoms with E-state index in [0.717, 1.165) is 23.7 Å². The summed E-state index contributed by atoms with van der Waals surface area (Å²) in [7, 11) is 0. The van der Waals surface area contributed by atoms with Crippen molar-refractivity contribution in [2.24, 2.45) is 0 Å². The van der Waals surface area contributed by atoms with Crippen LogP contribution in [-0.4, -0.2) is 11.5 Å². The molecule has 0 unspecified atom stereocenters. The van der Waals surface area contributed by atoms with Crippen LogP contribution in [0.2, 0.25) is 10.2 Å². The highest BCUT2D eigenvalue weighted by atomic mass is 35.5. The highest BCUT2D eigenvalue weighted by Gasteiger charge is 1.96. The molecule has 0 aliphatic carbocycles. The summed E-state index contributed by atoms with van der Waals surface area (Å²) >= 11 is 11.6. The van der Waals surface area contributed by atoms with Crippen LogP contribution in [0, 0.1) is 0 Å². The van der Waals surface area contributed by atoms with Crippen molar-refractivity contribution in [1.29, 1.82) is 0 Å². The second-order valence-corrected chi connectivity index (χ2v) is 4.49. The Kier molecular flexibility index (Phi) is 4.24. The van der Waals surface area contributed by atoms with Crippen LogP contribution in [0.4, 0.5) is 5.69 Å². The van der Waals surface area contributed by atoms with Crippen LogP contribution >= 0.6 is 23.2 Å². The van der Waals surface area contributed by atoms with Gasteiger partial charge in [-0.3, -0.25) is 0 Å². The maximum absolute atomic E-state index is 5.82. The quantitative estimate of drug-likeness (QED) is 0.845. The molecule has 2 nitrogen and oxygen atoms in total. The van der Waals surface area contributed by atoms with Gasteiger partial charge in [0.05, 0.1) is 0 Å². The third-order valence-electron chi connectivity index (χ3n) is 2.38. The second kappa shape index (κ2) is 5.89. The van der Waals surface area contributed by atoms with Gasteiger partial charge in [-0.1, -0.05) is 35.3 Å². The van der Waals surface area contributed by atoms with Crippen molar-refractivity contribution in [3.05, 3.63) is 58.3 Å². The molecule has 88 valence electrons. The minimum atomic E-state index is 0.501. The molecule has 1 aromatic carbocycles. The Morgan fingerprint density at radius 2 is 1.82 bits per heavy atom. The van der Waals surface area contributed by atoms with Crippen LogP contribution in [0.25, 0.3) is 0 Å². The molecule has 0 amide bonds. The van der Waals surface area contributed by atoms with Gasteiger partial charge < -0.3 is 5.32 Å². The van der Waals surface area contributed by atoms with Gasteiger partial charge >= 0.3 is 0 Å². The topological polar surface area (TPSA) is 24.9 Å². The number of aromatic nitrogens is 1. The summed E-state index contributed by atoms with van der Waals surface area (Å²) in [6.07, 6.45) is 2.63. The first kappa shape index (κ1) is 12.2. The minimum absolute atomic E-state index is 0.501. The number of rotatable bonds is 4. The van der Waals surface area contributed by atoms with Crippen LogP contribution in [0.1, 0.15) is 5.56 Å². The van der Waals surface area contributed by atoms with Gasteiger partial charge in [0.1, 0.15) is 5.15 Å². The highest BCUT2D eigenvalue weighted by molar-refractivity contribution is 6.30. The lowest BCUT2D eigenvalue weighted by Crippen LogP contribution is -2.04. The first-order valence-electron chi connectivity index (χ1n) is 5.34. The van der Waals surface area contributed by atoms with Crippen molar-refractivity contribution in [2.75, 3.05) is 11.9 Å². The number of halogens is 2. The number of pyridine rings is 1. The molecule has 0 radical (unpaired) electrons. The van der Waals surface area contributed by atoms with Crippen LogP contribution in [0.15, 0.2) is 42.6 Å². The van der Waals surface area contributed by atoms with Gasteiger partial charge in [-0.15, -0.1) is 0 Å². The third kappa shape index (κ3) is 3.91. The van der Waals surface area contributed by atoms with Gasteiger partial charge in [-0.2, -0.15) is 0 Å². The molecular weight excluding hydrogens is 255 g/mol. The van der Waals surface area contributed by atoms with Crippen LogP contribution in [-0.2, 0) is 6.42 Å². The van der Waals surface area contributed by atoms with E-state index in [9.17, 15) is 0 Å². The first-order chi connectivity index (χ1) is 8.24. The number of nitrogens with one attached hydrogen (secondary N) is 1. The van der Waals surface area contributed by atoms with E-state index >= 15 is 0 Å². The molecule has 4 heteroatoms. The van der Waals surface area contributed by atoms with Gasteiger partial charge in [0.15, 0.2) is 0 Å². The Balaban J connectivity index is 1.85. The summed E-state index contributed by atoms with van der Waals surface area (Å²) in [5, 5.41) is 4.56. The molecule has 0 spiro atoms. The summed E-state index contributed by atoms with van der Waals surface area (Å²) in [5.41, 5.74) is 2.24. The lowest BCUT2D eigenvalue weighted by atomic mass is 10.1. The predicted molar refractivity (Wildman–Crippen MR) is 72.9 cm³/mol. The monoisotopic (exact) mass is 266 g/mol. The molecule has 0 saturated heterocycles. The standard InChI is InChI=1S/C13H12Cl2N2/c14-11-3-1-10(2-4-11)5-7-16-12-6-8-17-13(15)9-12/h1-4,6,8-9H,5,7H2,(H,16,17). The highest BCUT2D eigenvalue weighted by Crippen LogP contribution is 2.13. The van der Waals surface area contributed by atoms with Gasteiger partial charge in [0.2, 0.25) is 0 Å². The number of hydrogen-bond acceptors (Lipinski definition) is 2. The number of nitrogens with zero attached hydrogens (tertiary/aromatic N) is 1. The van der Waals surface area contributed by atoms with Crippen LogP contribution in [0.5, 0.6) is 0 Å². The molecule has 0 saturated carbocycles. The van der Waals surface area contributed by atoms with Crippen molar-refractivity contribution < 1.29 is 0 Å². The average molecular weight is 267 g/mol. The van der Waals surface area contributed by atoms with E-state index in [2.05, 4.69) is 10.3 Å². The molecule has 1 aromatic heterocycles. The van der Waals surface area contributed by atoms with Crippen LogP contribution < -0.4 is 5.32 Å². The zero-order valence-corrected chi connectivity index (χ0v) is 10.7. The summed E-state index contributed by atoms with van der Waals surface area (Å²) in [6, 6.07) is 11.6. The Bertz CT molecular complexity index is 483. The smallest absolute Gasteiger partial charge is 0.131 e. The molecule has 0 atom stereocenters. The van der Waals surface area contributed by atoms with E-state index in [0.29, 0.717) is 5.15 Å². The first-order valence-corrected chi connectivity index (χ1v) is 6.09. The van der Waals surface area contributed by atoms with Crippen molar-refractivity contribution in [3.8, 4) is 0 Å². The van der Waals surface area contributed by atoms with Gasteiger partial charge in [0.25, 0.3) is 0 Å². The third-order valence-corrected chi connectivity index (χ3v) is 2.84. The van der Waals surface area contributed by atoms with Gasteiger partial charge in [-0.05, 0) is 36.2 Å². The van der Waals surface area contributed by atoms with Gasteiger partial charge in [-0.25, -0.2) is 4.98 Å². The molecule has 2 aromatic rings. The molecular formula is C13H12Cl2N2. The zero-order chi connectivity index (χ0) is 12.1. The van der Waals surface area contributed by atoms with E-state index in [-0.39, 0.29) is 0 Å². The fraction of sp³-hybridized carbons (Fsp3) is 0.154. The summed E-state index contributed by atoms with van der Waals surface area (Å²) in [4.78, 5) is 3.93. The normalized spacial score (nSPS) is 10.2. The number of anilines is 1. The van der Waals surface area contributed by atoms with E-state index in [1.54, 1.807) is 6.20 Å². The van der Waals surface area contributed by atoms with E-state index in [4.69, 9.17) is 23.2 Å². The molecule has 1 heterocycles. The van der Waals surface area contributed by atoms with Crippen molar-refractivity contribution in [1.82, 2.24) is 4.98 Å². The average Bonchev–Trinajstić information content (AvgIpc) is 2.32. The second-order valence-electron chi connectivity index (χ2n) is 3.67. The SMILES string of the molecule is Clc1ccc(CCNc2ccnc(Cl)c2)cc1. The Labute approximate surface area is 111 Å². The molecule has 0 aliphatic rings. The largest absolute Gasteiger partial charge is 0.385 e. The summed E-state index contributed by atoms with van der Waals surface area (Å²) in [6.45, 7) is 0.849. The van der Waals surface area contributed by atoms with Crippen molar-refractivity contribution in [2.45, 2.75) is 6.42 Å². The number of benzene rings is 1. The van der Waals surface area contributed by atoms with Crippen molar-refractivity contribution in [3.63, 3.8) is 0 Å². The van der Waals surface area contributed by atoms with E-state index in [1.165, 1.54) is 5.56 Å². The molecule has 0 fully saturated rings. The molecule has 17 heavy (non-hydrogen) atoms. The Morgan fingerprint density at radius 1 is 1.06 bits per heavy atom. The Morgan fingerprint density at radius 3 is 2.53 bits per heavy atom. The summed E-state index contributed by atoms with van der Waals surface area (Å²) < 4.78 is 0. The fourth-order valence-corrected chi connectivity index (χ4v) is 1.81. The van der Waals surface area contributed by atoms with Crippen molar-refractivity contribution >= 4 is 28.9 Å². The summed E-state index contributed by atoms with van der Waals surface area (Å²) in [5.74, 6) is 0. The lowest BCUT2D eigenvalue weighted by Gasteiger charge is -2.06. The Hall–Kier alpha value is -1.25. The van der Waals surface area contributed by atoms with Gasteiger partial charge in [0, 0.05) is 23.5 Å². The lowest BCUT2D eigenvalue weighted by molar-refractivity contribution is 1.02. The zero-order valence-electron chi connectivity index (χ0n) is 9.16. The number of hydrogen-bond donors (Lipinski definition) is 1. The molecule has 1 N–H and O–H groups in total. The van der Waals surface area contributed by atoms with E-state index < -0.39 is 0 Å². The molecule has 0 aliphatic heterocycles. The molecule has 0 bridgehead atoms. The fourth-order valence-electron chi connectivity index (χ4n) is 1.51. The predicted octanol–water partition coefficient (Wildman–Crippen LogP) is 4.04.